The molecule has 12 nitrogen and oxygen atoms in total. The highest BCUT2D eigenvalue weighted by Gasteiger charge is 2.47. The molecule has 0 aliphatic carbocycles. The van der Waals surface area contributed by atoms with Crippen LogP contribution in [-0.2, 0) is 47.5 Å². The number of benzene rings is 1. The highest BCUT2D eigenvalue weighted by Crippen LogP contribution is 2.32. The topological polar surface area (TPSA) is 137 Å². The first kappa shape index (κ1) is 30.2. The molecule has 1 saturated heterocycles. The van der Waals surface area contributed by atoms with Gasteiger partial charge in [-0.2, -0.15) is 0 Å². The Morgan fingerprint density at radius 2 is 1.30 bits per heavy atom. The largest absolute Gasteiger partial charge is 0.467 e. The average Bonchev–Trinajstić information content (AvgIpc) is 3.38. The molecule has 1 heterocycles. The van der Waals surface area contributed by atoms with Crippen molar-refractivity contribution < 1.29 is 52.3 Å². The van der Waals surface area contributed by atoms with Crippen molar-refractivity contribution in [2.24, 2.45) is 0 Å². The highest BCUT2D eigenvalue weighted by atomic mass is 16.8. The van der Waals surface area contributed by atoms with Gasteiger partial charge in [-0.25, -0.2) is 9.59 Å². The normalized spacial score (nSPS) is 17.2. The molecule has 0 unspecified atom stereocenters. The fourth-order valence-electron chi connectivity index (χ4n) is 3.11. The van der Waals surface area contributed by atoms with Crippen molar-refractivity contribution in [2.45, 2.75) is 18.5 Å². The van der Waals surface area contributed by atoms with Crippen molar-refractivity contribution in [3.63, 3.8) is 0 Å². The summed E-state index contributed by atoms with van der Waals surface area (Å²) in [4.78, 5) is 36.2. The van der Waals surface area contributed by atoms with Crippen LogP contribution in [0.1, 0.15) is 22.2 Å². The van der Waals surface area contributed by atoms with Gasteiger partial charge in [-0.3, -0.25) is 4.79 Å². The molecule has 2 atom stereocenters. The fraction of sp³-hybridized carbons (Fsp3) is 0.560. The average molecular weight is 524 g/mol. The van der Waals surface area contributed by atoms with Crippen LogP contribution < -0.4 is 5.32 Å². The molecule has 0 radical (unpaired) electrons. The molecule has 1 aromatic carbocycles. The number of carbonyl (C=O) groups excluding carboxylic acids is 3. The standard InChI is InChI=1S/C25H33NO11/c1-4-10-32-12-14-34-16-17-35-15-13-33-11-9-26-22(27)18-5-7-19(8-6-18)25-36-20(23(28)30-2)21(37-25)24(29)31-3/h1,5-8,20-21,25H,9-17H2,2-3H3,(H,26,27)/t20-,21-/m1/s1. The van der Waals surface area contributed by atoms with Crippen LogP contribution in [0.4, 0.5) is 0 Å². The molecule has 0 saturated carbocycles. The Morgan fingerprint density at radius 3 is 1.78 bits per heavy atom. The van der Waals surface area contributed by atoms with E-state index in [1.54, 1.807) is 24.3 Å². The summed E-state index contributed by atoms with van der Waals surface area (Å²) >= 11 is 0. The summed E-state index contributed by atoms with van der Waals surface area (Å²) in [6, 6.07) is 6.37. The zero-order valence-corrected chi connectivity index (χ0v) is 21.0. The van der Waals surface area contributed by atoms with Gasteiger partial charge in [-0.15, -0.1) is 6.42 Å². The van der Waals surface area contributed by atoms with Crippen molar-refractivity contribution in [3.05, 3.63) is 35.4 Å². The smallest absolute Gasteiger partial charge is 0.338 e. The second-order valence-corrected chi connectivity index (χ2v) is 7.46. The van der Waals surface area contributed by atoms with E-state index >= 15 is 0 Å². The Kier molecular flexibility index (Phi) is 14.2. The number of nitrogens with one attached hydrogen (secondary N) is 1. The van der Waals surface area contributed by atoms with Gasteiger partial charge in [0, 0.05) is 17.7 Å². The molecule has 1 amide bonds. The number of amides is 1. The minimum atomic E-state index is -1.26. The number of terminal acetylenes is 1. The maximum atomic E-state index is 12.3. The summed E-state index contributed by atoms with van der Waals surface area (Å²) < 4.78 is 41.6. The molecular weight excluding hydrogens is 490 g/mol. The molecule has 12 heteroatoms. The summed E-state index contributed by atoms with van der Waals surface area (Å²) in [5.74, 6) is 0.575. The van der Waals surface area contributed by atoms with Crippen LogP contribution in [0.5, 0.6) is 0 Å². The summed E-state index contributed by atoms with van der Waals surface area (Å²) in [6.45, 7) is 3.50. The van der Waals surface area contributed by atoms with Gasteiger partial charge in [-0.05, 0) is 12.1 Å². The SMILES string of the molecule is C#CCOCCOCCOCCOCCNC(=O)c1ccc(C2O[C@@H](C(=O)OC)[C@H](C(=O)OC)O2)cc1. The number of ether oxygens (including phenoxy) is 8. The Morgan fingerprint density at radius 1 is 0.811 bits per heavy atom. The molecule has 1 fully saturated rings. The molecule has 0 aromatic heterocycles. The van der Waals surface area contributed by atoms with Gasteiger partial charge in [0.15, 0.2) is 18.5 Å². The van der Waals surface area contributed by atoms with Gasteiger partial charge in [0.25, 0.3) is 5.91 Å². The first-order valence-corrected chi connectivity index (χ1v) is 11.6. The predicted molar refractivity (Wildman–Crippen MR) is 127 cm³/mol. The third-order valence-electron chi connectivity index (χ3n) is 4.96. The van der Waals surface area contributed by atoms with E-state index in [4.69, 9.17) is 34.8 Å². The molecule has 2 rings (SSSR count). The number of carbonyl (C=O) groups is 3. The van der Waals surface area contributed by atoms with Crippen molar-refractivity contribution >= 4 is 17.8 Å². The lowest BCUT2D eigenvalue weighted by atomic mass is 10.1. The van der Waals surface area contributed by atoms with Crippen LogP contribution in [0.2, 0.25) is 0 Å². The zero-order chi connectivity index (χ0) is 26.9. The van der Waals surface area contributed by atoms with Gasteiger partial charge in [0.2, 0.25) is 0 Å². The van der Waals surface area contributed by atoms with E-state index < -0.39 is 30.4 Å². The van der Waals surface area contributed by atoms with Gasteiger partial charge < -0.3 is 43.2 Å². The summed E-state index contributed by atoms with van der Waals surface area (Å²) in [7, 11) is 2.36. The molecule has 1 aliphatic heterocycles. The maximum Gasteiger partial charge on any atom is 0.338 e. The van der Waals surface area contributed by atoms with Gasteiger partial charge >= 0.3 is 11.9 Å². The monoisotopic (exact) mass is 523 g/mol. The lowest BCUT2D eigenvalue weighted by Gasteiger charge is -2.11. The number of esters is 2. The summed E-state index contributed by atoms with van der Waals surface area (Å²) in [5.41, 5.74) is 0.923. The summed E-state index contributed by atoms with van der Waals surface area (Å²) in [5, 5.41) is 2.75. The molecular formula is C25H33NO11. The van der Waals surface area contributed by atoms with Crippen LogP contribution >= 0.6 is 0 Å². The minimum Gasteiger partial charge on any atom is -0.467 e. The van der Waals surface area contributed by atoms with Crippen molar-refractivity contribution in [2.75, 3.05) is 73.6 Å². The first-order chi connectivity index (χ1) is 18.0. The Hall–Kier alpha value is -3.05. The van der Waals surface area contributed by atoms with E-state index in [9.17, 15) is 14.4 Å². The van der Waals surface area contributed by atoms with Crippen LogP contribution in [-0.4, -0.2) is 104 Å². The summed E-state index contributed by atoms with van der Waals surface area (Å²) in [6.07, 6.45) is 1.55. The third-order valence-corrected chi connectivity index (χ3v) is 4.96. The van der Waals surface area contributed by atoms with Crippen molar-refractivity contribution in [1.29, 1.82) is 0 Å². The highest BCUT2D eigenvalue weighted by molar-refractivity contribution is 5.94. The van der Waals surface area contributed by atoms with Crippen LogP contribution in [0, 0.1) is 12.3 Å². The van der Waals surface area contributed by atoms with Crippen molar-refractivity contribution in [1.82, 2.24) is 5.32 Å². The molecule has 0 spiro atoms. The molecule has 1 aromatic rings. The fourth-order valence-corrected chi connectivity index (χ4v) is 3.11. The molecule has 0 bridgehead atoms. The third kappa shape index (κ3) is 10.5. The molecule has 1 aliphatic rings. The maximum absolute atomic E-state index is 12.3. The van der Waals surface area contributed by atoms with Crippen LogP contribution in [0.3, 0.4) is 0 Å². The second kappa shape index (κ2) is 17.4. The number of hydrogen-bond acceptors (Lipinski definition) is 11. The van der Waals surface area contributed by atoms with E-state index in [0.29, 0.717) is 63.9 Å². The predicted octanol–water partition coefficient (Wildman–Crippen LogP) is 0.245. The van der Waals surface area contributed by atoms with E-state index in [1.807, 2.05) is 0 Å². The first-order valence-electron chi connectivity index (χ1n) is 11.6. The minimum absolute atomic E-state index is 0.273. The van der Waals surface area contributed by atoms with Gasteiger partial charge in [-0.1, -0.05) is 18.1 Å². The number of methoxy groups -OCH3 is 2. The van der Waals surface area contributed by atoms with Crippen LogP contribution in [0.25, 0.3) is 0 Å². The number of hydrogen-bond donors (Lipinski definition) is 1. The quantitative estimate of drug-likeness (QED) is 0.171. The lowest BCUT2D eigenvalue weighted by molar-refractivity contribution is -0.160. The Balaban J connectivity index is 1.61. The van der Waals surface area contributed by atoms with E-state index in [-0.39, 0.29) is 12.5 Å². The second-order valence-electron chi connectivity index (χ2n) is 7.46. The number of rotatable bonds is 17. The van der Waals surface area contributed by atoms with Crippen molar-refractivity contribution in [3.8, 4) is 12.3 Å². The lowest BCUT2D eigenvalue weighted by Crippen LogP contribution is -2.38. The molecule has 1 N–H and O–H groups in total. The van der Waals surface area contributed by atoms with Gasteiger partial charge in [0.05, 0.1) is 60.5 Å². The van der Waals surface area contributed by atoms with Gasteiger partial charge in [0.1, 0.15) is 6.61 Å². The Bertz CT molecular complexity index is 860. The molecule has 204 valence electrons. The van der Waals surface area contributed by atoms with E-state index in [2.05, 4.69) is 20.7 Å². The van der Waals surface area contributed by atoms with E-state index in [0.717, 1.165) is 0 Å². The van der Waals surface area contributed by atoms with E-state index in [1.165, 1.54) is 14.2 Å². The zero-order valence-electron chi connectivity index (χ0n) is 21.0. The Labute approximate surface area is 215 Å². The van der Waals surface area contributed by atoms with Crippen LogP contribution in [0.15, 0.2) is 24.3 Å². The molecule has 37 heavy (non-hydrogen) atoms.